The van der Waals surface area contributed by atoms with Crippen LogP contribution in [0.1, 0.15) is 0 Å². The Balaban J connectivity index is 0. The molecule has 4 rings (SSSR count). The minimum absolute atomic E-state index is 0. The number of halogens is 4. The van der Waals surface area contributed by atoms with Crippen molar-refractivity contribution in [1.29, 1.82) is 0 Å². The first-order valence-corrected chi connectivity index (χ1v) is 8.41. The van der Waals surface area contributed by atoms with Crippen LogP contribution in [0, 0.1) is 0 Å². The van der Waals surface area contributed by atoms with Crippen molar-refractivity contribution < 1.29 is 45.3 Å². The molecule has 12 heteroatoms. The van der Waals surface area contributed by atoms with Crippen LogP contribution in [0.25, 0.3) is 22.3 Å². The van der Waals surface area contributed by atoms with E-state index >= 15 is 0 Å². The summed E-state index contributed by atoms with van der Waals surface area (Å²) in [7, 11) is -6.00. The van der Waals surface area contributed by atoms with E-state index in [-0.39, 0.29) is 28.0 Å². The van der Waals surface area contributed by atoms with E-state index in [1.54, 1.807) is 49.6 Å². The molecule has 4 aromatic rings. The van der Waals surface area contributed by atoms with E-state index < -0.39 is 7.25 Å². The number of nitrogens with zero attached hydrogens (tertiary/aromatic N) is 4. The average Bonchev–Trinajstić information content (AvgIpc) is 2.76. The monoisotopic (exact) mass is 496 g/mol. The topological polar surface area (TPSA) is 112 Å². The summed E-state index contributed by atoms with van der Waals surface area (Å²) in [5.41, 5.74) is 4.69. The van der Waals surface area contributed by atoms with Gasteiger partial charge in [-0.2, -0.15) is 0 Å². The van der Waals surface area contributed by atoms with E-state index in [1.807, 2.05) is 48.5 Å². The summed E-state index contributed by atoms with van der Waals surface area (Å²) < 4.78 is 39.0. The standard InChI is InChI=1S/2C10H8N2.BF4.Cu.2H2O/c2*1-5-11-6-2-9(1)10-3-7-12-8-4-10;2-1(3,4)5;;;/h2*1-8H;;;2*1H2/q;;-1;;;/p-2. The Labute approximate surface area is 193 Å². The van der Waals surface area contributed by atoms with Gasteiger partial charge in [0, 0.05) is 66.6 Å². The normalized spacial score (nSPS) is 9.12. The van der Waals surface area contributed by atoms with Crippen molar-refractivity contribution in [3.8, 4) is 22.3 Å². The summed E-state index contributed by atoms with van der Waals surface area (Å²) in [6, 6.07) is 15.9. The van der Waals surface area contributed by atoms with E-state index in [2.05, 4.69) is 19.9 Å². The molecule has 6 nitrogen and oxygen atoms in total. The zero-order valence-corrected chi connectivity index (χ0v) is 17.3. The summed E-state index contributed by atoms with van der Waals surface area (Å²) in [5.74, 6) is 0. The fourth-order valence-electron chi connectivity index (χ4n) is 2.18. The van der Waals surface area contributed by atoms with E-state index in [9.17, 15) is 17.3 Å². The minimum atomic E-state index is -6.00. The van der Waals surface area contributed by atoms with Gasteiger partial charge >= 0.3 is 7.25 Å². The quantitative estimate of drug-likeness (QED) is 0.277. The van der Waals surface area contributed by atoms with Crippen LogP contribution >= 0.6 is 0 Å². The molecule has 0 bridgehead atoms. The van der Waals surface area contributed by atoms with Crippen molar-refractivity contribution in [3.63, 3.8) is 0 Å². The molecule has 0 amide bonds. The molecule has 4 heterocycles. The molecule has 4 aromatic heterocycles. The number of hydrogen-bond donors (Lipinski definition) is 0. The van der Waals surface area contributed by atoms with Crippen molar-refractivity contribution >= 4 is 7.25 Å². The van der Waals surface area contributed by atoms with Gasteiger partial charge in [0.2, 0.25) is 0 Å². The first-order chi connectivity index (χ1) is 13.9. The minimum Gasteiger partial charge on any atom is -0.870 e. The molecule has 0 saturated carbocycles. The third kappa shape index (κ3) is 13.2. The molecule has 175 valence electrons. The van der Waals surface area contributed by atoms with Crippen LogP contribution in [-0.4, -0.2) is 38.1 Å². The van der Waals surface area contributed by atoms with Crippen LogP contribution in [0.3, 0.4) is 0 Å². The summed E-state index contributed by atoms with van der Waals surface area (Å²) in [6.07, 6.45) is 14.3. The molecule has 32 heavy (non-hydrogen) atoms. The van der Waals surface area contributed by atoms with Crippen LogP contribution in [-0.2, 0) is 17.1 Å². The van der Waals surface area contributed by atoms with Gasteiger partial charge in [-0.1, -0.05) is 0 Å². The predicted molar refractivity (Wildman–Crippen MR) is 109 cm³/mol. The molecule has 0 fully saturated rings. The number of aromatic nitrogens is 4. The fourth-order valence-corrected chi connectivity index (χ4v) is 2.18. The molecule has 0 aliphatic heterocycles. The summed E-state index contributed by atoms with van der Waals surface area (Å²) >= 11 is 0. The van der Waals surface area contributed by atoms with Crippen molar-refractivity contribution in [2.75, 3.05) is 0 Å². The smallest absolute Gasteiger partial charge is 0.673 e. The summed E-state index contributed by atoms with van der Waals surface area (Å²) in [5, 5.41) is 0. The third-order valence-electron chi connectivity index (χ3n) is 3.39. The van der Waals surface area contributed by atoms with Crippen LogP contribution < -0.4 is 0 Å². The number of rotatable bonds is 2. The second kappa shape index (κ2) is 16.5. The van der Waals surface area contributed by atoms with Crippen molar-refractivity contribution in [1.82, 2.24) is 19.9 Å². The maximum atomic E-state index is 9.75. The Bertz CT molecular complexity index is 803. The van der Waals surface area contributed by atoms with E-state index in [4.69, 9.17) is 0 Å². The van der Waals surface area contributed by atoms with E-state index in [0.29, 0.717) is 0 Å². The molecule has 0 aliphatic rings. The molecule has 2 N–H and O–H groups in total. The van der Waals surface area contributed by atoms with Crippen LogP contribution in [0.2, 0.25) is 0 Å². The van der Waals surface area contributed by atoms with Crippen molar-refractivity contribution in [2.24, 2.45) is 0 Å². The summed E-state index contributed by atoms with van der Waals surface area (Å²) in [6.45, 7) is 0. The molecule has 0 aliphatic carbocycles. The molecule has 0 unspecified atom stereocenters. The van der Waals surface area contributed by atoms with Gasteiger partial charge in [0.15, 0.2) is 0 Å². The number of hydrogen-bond acceptors (Lipinski definition) is 6. The zero-order chi connectivity index (χ0) is 21.0. The van der Waals surface area contributed by atoms with Gasteiger partial charge < -0.3 is 28.2 Å². The van der Waals surface area contributed by atoms with E-state index in [1.165, 1.54) is 22.3 Å². The zero-order valence-electron chi connectivity index (χ0n) is 16.3. The second-order valence-electron chi connectivity index (χ2n) is 5.44. The molecule has 0 saturated heterocycles. The Morgan fingerprint density at radius 1 is 0.406 bits per heavy atom. The third-order valence-corrected chi connectivity index (χ3v) is 3.39. The molecule has 0 aromatic carbocycles. The average molecular weight is 497 g/mol. The van der Waals surface area contributed by atoms with Gasteiger partial charge in [0.05, 0.1) is 0 Å². The molecular weight excluding hydrogens is 479 g/mol. The second-order valence-corrected chi connectivity index (χ2v) is 5.44. The number of pyridine rings is 4. The van der Waals surface area contributed by atoms with Crippen molar-refractivity contribution in [3.05, 3.63) is 98.1 Å². The Morgan fingerprint density at radius 2 is 0.531 bits per heavy atom. The van der Waals surface area contributed by atoms with Crippen LogP contribution in [0.5, 0.6) is 0 Å². The molecule has 1 radical (unpaired) electrons. The Kier molecular flexibility index (Phi) is 16.0. The van der Waals surface area contributed by atoms with Gasteiger partial charge in [0.1, 0.15) is 0 Å². The summed E-state index contributed by atoms with van der Waals surface area (Å²) in [4.78, 5) is 15.8. The molecule has 0 atom stereocenters. The van der Waals surface area contributed by atoms with Crippen LogP contribution in [0.15, 0.2) is 98.1 Å². The Morgan fingerprint density at radius 3 is 0.656 bits per heavy atom. The van der Waals surface area contributed by atoms with Gasteiger partial charge in [-0.05, 0) is 70.8 Å². The maximum Gasteiger partial charge on any atom is 0.673 e. The molecule has 0 spiro atoms. The van der Waals surface area contributed by atoms with E-state index in [0.717, 1.165) is 0 Å². The first kappa shape index (κ1) is 31.0. The maximum absolute atomic E-state index is 9.75. The van der Waals surface area contributed by atoms with Gasteiger partial charge in [-0.25, -0.2) is 0 Å². The first-order valence-electron chi connectivity index (χ1n) is 8.41. The molecular formula is C20H18BCuF4N4O2-3. The predicted octanol–water partition coefficient (Wildman–Crippen LogP) is 5.23. The fraction of sp³-hybridized carbons (Fsp3) is 0. The van der Waals surface area contributed by atoms with Gasteiger partial charge in [-0.15, -0.1) is 0 Å². The largest absolute Gasteiger partial charge is 0.870 e. The van der Waals surface area contributed by atoms with Crippen molar-refractivity contribution in [2.45, 2.75) is 0 Å². The van der Waals surface area contributed by atoms with Gasteiger partial charge in [-0.3, -0.25) is 19.9 Å². The van der Waals surface area contributed by atoms with Gasteiger partial charge in [0.25, 0.3) is 0 Å². The Hall–Kier alpha value is -3.18. The van der Waals surface area contributed by atoms with Crippen LogP contribution in [0.4, 0.5) is 17.3 Å². The SMILES string of the molecule is F[B-](F)(F)F.[Cu].[OH-].[OH-].c1cc(-c2ccncc2)ccn1.c1cc(-c2ccncc2)ccn1.